The second-order valence-corrected chi connectivity index (χ2v) is 9.45. The molecule has 3 aromatic heterocycles. The molecule has 1 unspecified atom stereocenters. The average Bonchev–Trinajstić information content (AvgIpc) is 3.34. The van der Waals surface area contributed by atoms with E-state index >= 15 is 0 Å². The summed E-state index contributed by atoms with van der Waals surface area (Å²) in [7, 11) is 0. The van der Waals surface area contributed by atoms with Gasteiger partial charge in [0.25, 0.3) is 12.3 Å². The van der Waals surface area contributed by atoms with Crippen molar-refractivity contribution in [2.75, 3.05) is 11.1 Å². The predicted molar refractivity (Wildman–Crippen MR) is 146 cm³/mol. The van der Waals surface area contributed by atoms with E-state index in [0.29, 0.717) is 26.9 Å². The normalized spacial score (nSPS) is 12.3. The first kappa shape index (κ1) is 27.5. The number of anilines is 2. The van der Waals surface area contributed by atoms with Gasteiger partial charge in [-0.3, -0.25) is 18.8 Å². The van der Waals surface area contributed by atoms with Crippen molar-refractivity contribution in [3.63, 3.8) is 0 Å². The number of nitrogens with zero attached hydrogens (tertiary/aromatic N) is 5. The van der Waals surface area contributed by atoms with Gasteiger partial charge in [0, 0.05) is 35.2 Å². The van der Waals surface area contributed by atoms with E-state index in [4.69, 9.17) is 5.73 Å². The monoisotopic (exact) mass is 565 g/mol. The molecule has 0 saturated heterocycles. The molecule has 13 heteroatoms. The van der Waals surface area contributed by atoms with Crippen LogP contribution in [0.25, 0.3) is 33.3 Å². The summed E-state index contributed by atoms with van der Waals surface area (Å²) in [5.74, 6) is -1.25. The summed E-state index contributed by atoms with van der Waals surface area (Å²) in [6.45, 7) is 3.65. The van der Waals surface area contributed by atoms with Crippen molar-refractivity contribution in [3.8, 4) is 22.3 Å². The van der Waals surface area contributed by atoms with Gasteiger partial charge in [0.1, 0.15) is 23.6 Å². The number of carbonyl (C=O) groups is 1. The Hall–Kier alpha value is -5.07. The Labute approximate surface area is 230 Å². The summed E-state index contributed by atoms with van der Waals surface area (Å²) in [6, 6.07) is 11.3. The lowest BCUT2D eigenvalue weighted by Gasteiger charge is -2.14. The Morgan fingerprint density at radius 3 is 2.20 bits per heavy atom. The number of nitrogens with two attached hydrogens (primary N) is 1. The summed E-state index contributed by atoms with van der Waals surface area (Å²) >= 11 is 0. The second-order valence-electron chi connectivity index (χ2n) is 9.45. The minimum absolute atomic E-state index is 0.0175. The summed E-state index contributed by atoms with van der Waals surface area (Å²) < 4.78 is 56.2. The fourth-order valence-electron chi connectivity index (χ4n) is 4.32. The predicted octanol–water partition coefficient (Wildman–Crippen LogP) is 5.61. The fourth-order valence-corrected chi connectivity index (χ4v) is 4.32. The molecule has 41 heavy (non-hydrogen) atoms. The highest BCUT2D eigenvalue weighted by molar-refractivity contribution is 6.04. The summed E-state index contributed by atoms with van der Waals surface area (Å²) in [5, 5.41) is 7.03. The molecule has 3 N–H and O–H groups in total. The van der Waals surface area contributed by atoms with Crippen LogP contribution >= 0.6 is 0 Å². The SMILES string of the molecule is CC(C)n1cc(-c2ccc(F)cc2)c(=O)c(C(=O)Nc2ccc(-c3cn(C(F)C(F)F)c4ncnc(N)c34)cc2)n1. The first-order valence-electron chi connectivity index (χ1n) is 12.4. The van der Waals surface area contributed by atoms with Crippen LogP contribution in [0.4, 0.5) is 29.1 Å². The van der Waals surface area contributed by atoms with Crippen LogP contribution in [0.3, 0.4) is 0 Å². The Kier molecular flexibility index (Phi) is 7.26. The largest absolute Gasteiger partial charge is 0.383 e. The van der Waals surface area contributed by atoms with Crippen LogP contribution in [-0.2, 0) is 0 Å². The standard InChI is InChI=1S/C28H23F4N7O2/c1-14(2)39-12-20(16-3-7-17(29)8-4-16)23(40)22(37-39)28(41)36-18-9-5-15(6-10-18)19-11-38(25(32)24(30)31)27-21(19)26(33)34-13-35-27/h3-14,24-25H,1-2H3,(H,36,41)(H2,33,34,35). The Bertz CT molecular complexity index is 1800. The van der Waals surface area contributed by atoms with Gasteiger partial charge in [-0.15, -0.1) is 0 Å². The molecule has 5 rings (SSSR count). The Morgan fingerprint density at radius 2 is 1.56 bits per heavy atom. The van der Waals surface area contributed by atoms with Gasteiger partial charge in [-0.25, -0.2) is 27.5 Å². The highest BCUT2D eigenvalue weighted by Gasteiger charge is 2.26. The first-order valence-corrected chi connectivity index (χ1v) is 12.4. The zero-order chi connectivity index (χ0) is 29.4. The molecule has 210 valence electrons. The molecular formula is C28H23F4N7O2. The van der Waals surface area contributed by atoms with Crippen LogP contribution in [0.5, 0.6) is 0 Å². The number of carbonyl (C=O) groups excluding carboxylic acids is 1. The molecule has 5 aromatic rings. The molecular weight excluding hydrogens is 542 g/mol. The average molecular weight is 566 g/mol. The molecule has 0 radical (unpaired) electrons. The summed E-state index contributed by atoms with van der Waals surface area (Å²) in [4.78, 5) is 34.2. The van der Waals surface area contributed by atoms with E-state index in [9.17, 15) is 27.2 Å². The fraction of sp³-hybridized carbons (Fsp3) is 0.179. The number of alkyl halides is 3. The van der Waals surface area contributed by atoms with Gasteiger partial charge in [0.15, 0.2) is 5.69 Å². The minimum atomic E-state index is -3.29. The van der Waals surface area contributed by atoms with Gasteiger partial charge >= 0.3 is 0 Å². The van der Waals surface area contributed by atoms with Crippen LogP contribution in [0.1, 0.15) is 36.7 Å². The molecule has 0 aliphatic rings. The van der Waals surface area contributed by atoms with Crippen molar-refractivity contribution in [3.05, 3.63) is 89.0 Å². The molecule has 0 saturated carbocycles. The van der Waals surface area contributed by atoms with Gasteiger partial charge in [-0.1, -0.05) is 24.3 Å². The molecule has 2 aromatic carbocycles. The topological polar surface area (TPSA) is 121 Å². The number of fused-ring (bicyclic) bond motifs is 1. The number of halogens is 4. The minimum Gasteiger partial charge on any atom is -0.383 e. The third-order valence-corrected chi connectivity index (χ3v) is 6.40. The molecule has 1 amide bonds. The van der Waals surface area contributed by atoms with Crippen molar-refractivity contribution in [1.29, 1.82) is 0 Å². The van der Waals surface area contributed by atoms with Crippen LogP contribution in [0.15, 0.2) is 72.0 Å². The first-order chi connectivity index (χ1) is 19.5. The van der Waals surface area contributed by atoms with Gasteiger partial charge in [0.05, 0.1) is 5.39 Å². The lowest BCUT2D eigenvalue weighted by molar-refractivity contribution is 0.0104. The van der Waals surface area contributed by atoms with Gasteiger partial charge in [-0.2, -0.15) is 5.10 Å². The maximum absolute atomic E-state index is 14.3. The van der Waals surface area contributed by atoms with Crippen molar-refractivity contribution in [2.24, 2.45) is 0 Å². The van der Waals surface area contributed by atoms with Crippen molar-refractivity contribution >= 4 is 28.4 Å². The molecule has 1 atom stereocenters. The smallest absolute Gasteiger partial charge is 0.288 e. The molecule has 0 aliphatic heterocycles. The van der Waals surface area contributed by atoms with Crippen LogP contribution in [-0.4, -0.2) is 36.6 Å². The van der Waals surface area contributed by atoms with Gasteiger partial charge < -0.3 is 11.1 Å². The number of aromatic nitrogens is 5. The zero-order valence-electron chi connectivity index (χ0n) is 21.7. The molecule has 0 bridgehead atoms. The number of benzene rings is 2. The molecule has 0 aliphatic carbocycles. The molecule has 3 heterocycles. The number of nitrogen functional groups attached to an aromatic ring is 1. The number of hydrogen-bond acceptors (Lipinski definition) is 6. The highest BCUT2D eigenvalue weighted by atomic mass is 19.3. The molecule has 0 spiro atoms. The summed E-state index contributed by atoms with van der Waals surface area (Å²) in [5.41, 5.74) is 6.56. The van der Waals surface area contributed by atoms with E-state index in [0.717, 1.165) is 6.33 Å². The summed E-state index contributed by atoms with van der Waals surface area (Å²) in [6.07, 6.45) is -2.19. The maximum atomic E-state index is 14.3. The van der Waals surface area contributed by atoms with Crippen molar-refractivity contribution in [1.82, 2.24) is 24.3 Å². The van der Waals surface area contributed by atoms with E-state index < -0.39 is 29.9 Å². The van der Waals surface area contributed by atoms with Crippen LogP contribution < -0.4 is 16.5 Å². The number of amides is 1. The van der Waals surface area contributed by atoms with Crippen LogP contribution in [0.2, 0.25) is 0 Å². The van der Waals surface area contributed by atoms with E-state index in [1.54, 1.807) is 12.1 Å². The second kappa shape index (κ2) is 10.8. The number of rotatable bonds is 7. The maximum Gasteiger partial charge on any atom is 0.288 e. The quantitative estimate of drug-likeness (QED) is 0.248. The van der Waals surface area contributed by atoms with Crippen LogP contribution in [0, 0.1) is 5.82 Å². The Morgan fingerprint density at radius 1 is 0.927 bits per heavy atom. The van der Waals surface area contributed by atoms with E-state index in [1.807, 2.05) is 13.8 Å². The highest BCUT2D eigenvalue weighted by Crippen LogP contribution is 2.36. The van der Waals surface area contributed by atoms with Gasteiger partial charge in [-0.05, 0) is 49.2 Å². The van der Waals surface area contributed by atoms with E-state index in [-0.39, 0.29) is 34.2 Å². The number of hydrogen-bond donors (Lipinski definition) is 2. The number of nitrogens with one attached hydrogen (secondary N) is 1. The third kappa shape index (κ3) is 5.25. The van der Waals surface area contributed by atoms with Crippen molar-refractivity contribution in [2.45, 2.75) is 32.6 Å². The van der Waals surface area contributed by atoms with Crippen molar-refractivity contribution < 1.29 is 22.4 Å². The molecule has 0 fully saturated rings. The van der Waals surface area contributed by atoms with E-state index in [1.165, 1.54) is 53.5 Å². The lowest BCUT2D eigenvalue weighted by atomic mass is 10.1. The Balaban J connectivity index is 1.48. The third-order valence-electron chi connectivity index (χ3n) is 6.40. The van der Waals surface area contributed by atoms with E-state index in [2.05, 4.69) is 20.4 Å². The molecule has 9 nitrogen and oxygen atoms in total. The lowest BCUT2D eigenvalue weighted by Crippen LogP contribution is -2.28. The zero-order valence-corrected chi connectivity index (χ0v) is 21.7. The van der Waals surface area contributed by atoms with Gasteiger partial charge in [0.2, 0.25) is 11.7 Å².